The van der Waals surface area contributed by atoms with E-state index in [9.17, 15) is 4.79 Å². The number of nitrogens with zero attached hydrogens (tertiary/aromatic N) is 6. The predicted octanol–water partition coefficient (Wildman–Crippen LogP) is 1.91. The molecule has 1 amide bonds. The molecule has 0 bridgehead atoms. The molecular formula is C18H19N7O. The average Bonchev–Trinajstić information content (AvgIpc) is 3.24. The van der Waals surface area contributed by atoms with Crippen molar-refractivity contribution in [2.75, 3.05) is 23.3 Å². The van der Waals surface area contributed by atoms with Gasteiger partial charge in [0.15, 0.2) is 0 Å². The Morgan fingerprint density at radius 3 is 2.62 bits per heavy atom. The number of rotatable bonds is 4. The van der Waals surface area contributed by atoms with Crippen LogP contribution in [0.1, 0.15) is 12.8 Å². The van der Waals surface area contributed by atoms with Gasteiger partial charge >= 0.3 is 0 Å². The van der Waals surface area contributed by atoms with Gasteiger partial charge in [-0.2, -0.15) is 10.2 Å². The number of anilines is 2. The van der Waals surface area contributed by atoms with E-state index in [4.69, 9.17) is 0 Å². The highest BCUT2D eigenvalue weighted by Crippen LogP contribution is 2.23. The molecule has 0 spiro atoms. The lowest BCUT2D eigenvalue weighted by Crippen LogP contribution is -2.41. The topological polar surface area (TPSA) is 88.8 Å². The third-order valence-corrected chi connectivity index (χ3v) is 4.42. The van der Waals surface area contributed by atoms with Crippen LogP contribution in [-0.4, -0.2) is 44.0 Å². The lowest BCUT2D eigenvalue weighted by atomic mass is 9.97. The molecule has 132 valence electrons. The Kier molecular flexibility index (Phi) is 4.55. The molecule has 3 heterocycles. The fourth-order valence-corrected chi connectivity index (χ4v) is 3.16. The van der Waals surface area contributed by atoms with Crippen LogP contribution in [0.25, 0.3) is 5.69 Å². The molecule has 1 saturated heterocycles. The summed E-state index contributed by atoms with van der Waals surface area (Å²) in [4.78, 5) is 25.0. The van der Waals surface area contributed by atoms with Gasteiger partial charge in [0, 0.05) is 25.5 Å². The van der Waals surface area contributed by atoms with Crippen molar-refractivity contribution in [1.29, 1.82) is 0 Å². The summed E-state index contributed by atoms with van der Waals surface area (Å²) in [7, 11) is 0. The van der Waals surface area contributed by atoms with Gasteiger partial charge in [0.1, 0.15) is 5.69 Å². The first-order valence-electron chi connectivity index (χ1n) is 8.60. The van der Waals surface area contributed by atoms with Crippen molar-refractivity contribution in [2.45, 2.75) is 12.8 Å². The largest absolute Gasteiger partial charge is 0.340 e. The summed E-state index contributed by atoms with van der Waals surface area (Å²) >= 11 is 0. The maximum absolute atomic E-state index is 12.8. The fraction of sp³-hybridized carbons (Fsp3) is 0.278. The number of piperidine rings is 1. The Morgan fingerprint density at radius 2 is 1.81 bits per heavy atom. The molecule has 1 N–H and O–H groups in total. The van der Waals surface area contributed by atoms with Crippen LogP contribution in [0.4, 0.5) is 11.6 Å². The number of aromatic nitrogens is 5. The quantitative estimate of drug-likeness (QED) is 0.774. The van der Waals surface area contributed by atoms with Crippen LogP contribution in [0.2, 0.25) is 0 Å². The van der Waals surface area contributed by atoms with Crippen molar-refractivity contribution in [3.63, 3.8) is 0 Å². The van der Waals surface area contributed by atoms with E-state index in [0.29, 0.717) is 18.2 Å². The highest BCUT2D eigenvalue weighted by atomic mass is 16.1. The Morgan fingerprint density at radius 1 is 1.04 bits per heavy atom. The van der Waals surface area contributed by atoms with E-state index in [0.717, 1.165) is 25.1 Å². The smallest absolute Gasteiger partial charge is 0.229 e. The molecule has 3 aromatic rings. The first-order chi connectivity index (χ1) is 12.8. The molecule has 1 unspecified atom stereocenters. The van der Waals surface area contributed by atoms with Crippen LogP contribution >= 0.6 is 0 Å². The van der Waals surface area contributed by atoms with Gasteiger partial charge in [0.25, 0.3) is 0 Å². The van der Waals surface area contributed by atoms with Gasteiger partial charge in [0.2, 0.25) is 11.9 Å². The van der Waals surface area contributed by atoms with Crippen LogP contribution in [0.3, 0.4) is 0 Å². The first-order valence-corrected chi connectivity index (χ1v) is 8.60. The van der Waals surface area contributed by atoms with Crippen LogP contribution in [0.15, 0.2) is 55.1 Å². The highest BCUT2D eigenvalue weighted by molar-refractivity contribution is 5.94. The molecule has 0 radical (unpaired) electrons. The van der Waals surface area contributed by atoms with Crippen molar-refractivity contribution in [1.82, 2.24) is 25.0 Å². The summed E-state index contributed by atoms with van der Waals surface area (Å²) < 4.78 is 0. The molecule has 4 rings (SSSR count). The Hall–Kier alpha value is -3.29. The summed E-state index contributed by atoms with van der Waals surface area (Å²) in [5, 5.41) is 11.3. The van der Waals surface area contributed by atoms with Crippen molar-refractivity contribution in [3.8, 4) is 5.69 Å². The van der Waals surface area contributed by atoms with E-state index < -0.39 is 0 Å². The van der Waals surface area contributed by atoms with Gasteiger partial charge in [-0.15, -0.1) is 4.80 Å². The number of nitrogens with one attached hydrogen (secondary N) is 1. The molecule has 1 aliphatic rings. The minimum absolute atomic E-state index is 0.00904. The molecule has 0 saturated carbocycles. The van der Waals surface area contributed by atoms with Crippen molar-refractivity contribution >= 4 is 17.5 Å². The van der Waals surface area contributed by atoms with E-state index >= 15 is 0 Å². The summed E-state index contributed by atoms with van der Waals surface area (Å²) in [5.41, 5.74) is 1.44. The standard InChI is InChI=1S/C18H19N7O/c26-17(14-5-3-12-24(13-14)18-19-8-4-9-20-18)23-15-6-1-2-7-16(15)25-21-10-11-22-25/h1-2,4,6-11,14H,3,5,12-13H2,(H,23,26). The second kappa shape index (κ2) is 7.30. The zero-order chi connectivity index (χ0) is 17.8. The van der Waals surface area contributed by atoms with Gasteiger partial charge in [-0.25, -0.2) is 9.97 Å². The highest BCUT2D eigenvalue weighted by Gasteiger charge is 2.27. The predicted molar refractivity (Wildman–Crippen MR) is 97.0 cm³/mol. The first kappa shape index (κ1) is 16.2. The zero-order valence-corrected chi connectivity index (χ0v) is 14.2. The Balaban J connectivity index is 1.49. The fourth-order valence-electron chi connectivity index (χ4n) is 3.16. The minimum atomic E-state index is -0.119. The van der Waals surface area contributed by atoms with Crippen LogP contribution in [-0.2, 0) is 4.79 Å². The Labute approximate surface area is 150 Å². The molecule has 1 atom stereocenters. The van der Waals surface area contributed by atoms with Gasteiger partial charge < -0.3 is 10.2 Å². The number of hydrogen-bond donors (Lipinski definition) is 1. The minimum Gasteiger partial charge on any atom is -0.340 e. The zero-order valence-electron chi connectivity index (χ0n) is 14.2. The summed E-state index contributed by atoms with van der Waals surface area (Å²) in [6.07, 6.45) is 8.43. The molecular weight excluding hydrogens is 330 g/mol. The van der Waals surface area contributed by atoms with E-state index in [2.05, 4.69) is 30.4 Å². The van der Waals surface area contributed by atoms with E-state index in [1.807, 2.05) is 24.3 Å². The summed E-state index contributed by atoms with van der Waals surface area (Å²) in [6.45, 7) is 1.47. The molecule has 2 aromatic heterocycles. The molecule has 1 aliphatic heterocycles. The second-order valence-electron chi connectivity index (χ2n) is 6.16. The molecule has 1 aromatic carbocycles. The number of carbonyl (C=O) groups is 1. The van der Waals surface area contributed by atoms with Crippen molar-refractivity contribution in [2.24, 2.45) is 5.92 Å². The molecule has 8 heteroatoms. The molecule has 26 heavy (non-hydrogen) atoms. The van der Waals surface area contributed by atoms with Gasteiger partial charge in [-0.1, -0.05) is 12.1 Å². The number of hydrogen-bond acceptors (Lipinski definition) is 6. The van der Waals surface area contributed by atoms with Crippen LogP contribution in [0.5, 0.6) is 0 Å². The average molecular weight is 349 g/mol. The molecule has 1 fully saturated rings. The monoisotopic (exact) mass is 349 g/mol. The van der Waals surface area contributed by atoms with Gasteiger partial charge in [-0.05, 0) is 31.0 Å². The Bertz CT molecular complexity index is 866. The molecule has 8 nitrogen and oxygen atoms in total. The second-order valence-corrected chi connectivity index (χ2v) is 6.16. The number of benzene rings is 1. The third-order valence-electron chi connectivity index (χ3n) is 4.42. The van der Waals surface area contributed by atoms with Gasteiger partial charge in [0.05, 0.1) is 24.0 Å². The molecule has 0 aliphatic carbocycles. The third kappa shape index (κ3) is 3.39. The number of carbonyl (C=O) groups excluding carboxylic acids is 1. The maximum atomic E-state index is 12.8. The van der Waals surface area contributed by atoms with Crippen LogP contribution < -0.4 is 10.2 Å². The van der Waals surface area contributed by atoms with Gasteiger partial charge in [-0.3, -0.25) is 4.79 Å². The van der Waals surface area contributed by atoms with E-state index in [1.54, 1.807) is 30.9 Å². The normalized spacial score (nSPS) is 17.1. The van der Waals surface area contributed by atoms with Crippen molar-refractivity contribution < 1.29 is 4.79 Å². The summed E-state index contributed by atoms with van der Waals surface area (Å²) in [6, 6.07) is 9.30. The van der Waals surface area contributed by atoms with E-state index in [1.165, 1.54) is 4.80 Å². The number of amides is 1. The number of para-hydroxylation sites is 2. The summed E-state index contributed by atoms with van der Waals surface area (Å²) in [5.74, 6) is 0.544. The van der Waals surface area contributed by atoms with Crippen LogP contribution in [0, 0.1) is 5.92 Å². The lowest BCUT2D eigenvalue weighted by Gasteiger charge is -2.32. The maximum Gasteiger partial charge on any atom is 0.229 e. The van der Waals surface area contributed by atoms with Crippen molar-refractivity contribution in [3.05, 3.63) is 55.1 Å². The lowest BCUT2D eigenvalue weighted by molar-refractivity contribution is -0.120. The SMILES string of the molecule is O=C(Nc1ccccc1-n1nccn1)C1CCCN(c2ncccn2)C1. The van der Waals surface area contributed by atoms with E-state index in [-0.39, 0.29) is 11.8 Å².